The number of hydrogen-bond donors (Lipinski definition) is 2. The lowest BCUT2D eigenvalue weighted by molar-refractivity contribution is -0.146. The summed E-state index contributed by atoms with van der Waals surface area (Å²) in [5.74, 6) is -0.579. The SMILES string of the molecule is O=C(O)[C@H](O)c1ccc(C2CCCC2)cc1. The van der Waals surface area contributed by atoms with Gasteiger partial charge >= 0.3 is 5.97 Å². The topological polar surface area (TPSA) is 57.5 Å². The van der Waals surface area contributed by atoms with Crippen molar-refractivity contribution in [3.8, 4) is 0 Å². The molecule has 0 aromatic heterocycles. The minimum atomic E-state index is -1.40. The molecule has 0 radical (unpaired) electrons. The average molecular weight is 220 g/mol. The summed E-state index contributed by atoms with van der Waals surface area (Å²) in [6.45, 7) is 0. The molecule has 1 aliphatic carbocycles. The van der Waals surface area contributed by atoms with E-state index in [9.17, 15) is 9.90 Å². The zero-order chi connectivity index (χ0) is 11.5. The third-order valence-electron chi connectivity index (χ3n) is 3.31. The van der Waals surface area contributed by atoms with E-state index in [2.05, 4.69) is 0 Å². The van der Waals surface area contributed by atoms with Crippen LogP contribution < -0.4 is 0 Å². The van der Waals surface area contributed by atoms with Gasteiger partial charge < -0.3 is 10.2 Å². The molecule has 3 heteroatoms. The fraction of sp³-hybridized carbons (Fsp3) is 0.462. The number of aliphatic hydroxyl groups excluding tert-OH is 1. The summed E-state index contributed by atoms with van der Waals surface area (Å²) in [6.07, 6.45) is 3.60. The standard InChI is InChI=1S/C13H16O3/c14-12(13(15)16)11-7-5-10(6-8-11)9-3-1-2-4-9/h5-9,12,14H,1-4H2,(H,15,16)/t12-/m1/s1. The van der Waals surface area contributed by atoms with Crippen LogP contribution in [0.25, 0.3) is 0 Å². The first-order chi connectivity index (χ1) is 7.68. The van der Waals surface area contributed by atoms with Gasteiger partial charge in [0.15, 0.2) is 6.10 Å². The largest absolute Gasteiger partial charge is 0.479 e. The molecule has 1 atom stereocenters. The van der Waals surface area contributed by atoms with Crippen molar-refractivity contribution in [3.05, 3.63) is 35.4 Å². The molecule has 0 aliphatic heterocycles. The molecule has 3 nitrogen and oxygen atoms in total. The molecule has 0 unspecified atom stereocenters. The second-order valence-electron chi connectivity index (χ2n) is 4.39. The number of rotatable bonds is 3. The van der Waals surface area contributed by atoms with Crippen LogP contribution in [-0.4, -0.2) is 16.2 Å². The van der Waals surface area contributed by atoms with Gasteiger partial charge in [-0.15, -0.1) is 0 Å². The normalized spacial score (nSPS) is 18.6. The van der Waals surface area contributed by atoms with Crippen LogP contribution in [0.5, 0.6) is 0 Å². The Kier molecular flexibility index (Phi) is 3.25. The second kappa shape index (κ2) is 4.66. The highest BCUT2D eigenvalue weighted by atomic mass is 16.4. The Hall–Kier alpha value is -1.35. The first kappa shape index (κ1) is 11.1. The first-order valence-corrected chi connectivity index (χ1v) is 5.69. The molecule has 16 heavy (non-hydrogen) atoms. The van der Waals surface area contributed by atoms with Crippen molar-refractivity contribution in [2.75, 3.05) is 0 Å². The molecule has 0 saturated heterocycles. The Balaban J connectivity index is 2.12. The van der Waals surface area contributed by atoms with Crippen LogP contribution in [0.2, 0.25) is 0 Å². The number of hydrogen-bond acceptors (Lipinski definition) is 2. The van der Waals surface area contributed by atoms with Gasteiger partial charge in [0.2, 0.25) is 0 Å². The predicted octanol–water partition coefficient (Wildman–Crippen LogP) is 2.46. The van der Waals surface area contributed by atoms with Crippen molar-refractivity contribution in [1.82, 2.24) is 0 Å². The quantitative estimate of drug-likeness (QED) is 0.822. The van der Waals surface area contributed by atoms with E-state index in [1.165, 1.54) is 31.2 Å². The Morgan fingerprint density at radius 3 is 2.25 bits per heavy atom. The van der Waals surface area contributed by atoms with Crippen molar-refractivity contribution in [2.24, 2.45) is 0 Å². The van der Waals surface area contributed by atoms with Crippen LogP contribution in [0.3, 0.4) is 0 Å². The van der Waals surface area contributed by atoms with Crippen molar-refractivity contribution in [1.29, 1.82) is 0 Å². The number of aliphatic carboxylic acids is 1. The van der Waals surface area contributed by atoms with E-state index in [-0.39, 0.29) is 0 Å². The number of carboxylic acids is 1. The molecule has 1 fully saturated rings. The summed E-state index contributed by atoms with van der Waals surface area (Å²) in [5.41, 5.74) is 1.72. The van der Waals surface area contributed by atoms with Crippen LogP contribution in [-0.2, 0) is 4.79 Å². The molecule has 0 bridgehead atoms. The van der Waals surface area contributed by atoms with E-state index < -0.39 is 12.1 Å². The van der Waals surface area contributed by atoms with Crippen LogP contribution in [0, 0.1) is 0 Å². The van der Waals surface area contributed by atoms with Gasteiger partial charge in [0.25, 0.3) is 0 Å². The van der Waals surface area contributed by atoms with Crippen LogP contribution in [0.1, 0.15) is 48.8 Å². The highest BCUT2D eigenvalue weighted by Gasteiger charge is 2.19. The van der Waals surface area contributed by atoms with Crippen LogP contribution >= 0.6 is 0 Å². The van der Waals surface area contributed by atoms with E-state index in [0.29, 0.717) is 11.5 Å². The van der Waals surface area contributed by atoms with Gasteiger partial charge in [0.1, 0.15) is 0 Å². The van der Waals surface area contributed by atoms with Gasteiger partial charge in [-0.2, -0.15) is 0 Å². The number of carboxylic acid groups (broad SMARTS) is 1. The fourth-order valence-electron chi connectivity index (χ4n) is 2.35. The second-order valence-corrected chi connectivity index (χ2v) is 4.39. The van der Waals surface area contributed by atoms with Gasteiger partial charge in [-0.3, -0.25) is 0 Å². The summed E-state index contributed by atoms with van der Waals surface area (Å²) in [6, 6.07) is 7.31. The monoisotopic (exact) mass is 220 g/mol. The lowest BCUT2D eigenvalue weighted by Crippen LogP contribution is -2.10. The minimum Gasteiger partial charge on any atom is -0.479 e. The maximum atomic E-state index is 10.6. The van der Waals surface area contributed by atoms with E-state index in [1.807, 2.05) is 12.1 Å². The molecular formula is C13H16O3. The molecule has 0 amide bonds. The molecule has 86 valence electrons. The zero-order valence-electron chi connectivity index (χ0n) is 9.10. The Bertz CT molecular complexity index is 363. The number of carbonyl (C=O) groups is 1. The van der Waals surface area contributed by atoms with Crippen LogP contribution in [0.4, 0.5) is 0 Å². The third kappa shape index (κ3) is 2.25. The number of benzene rings is 1. The van der Waals surface area contributed by atoms with Gasteiger partial charge in [0, 0.05) is 0 Å². The molecule has 1 aromatic carbocycles. The average Bonchev–Trinajstić information content (AvgIpc) is 2.81. The summed E-state index contributed by atoms with van der Waals surface area (Å²) < 4.78 is 0. The van der Waals surface area contributed by atoms with Gasteiger partial charge in [-0.1, -0.05) is 37.1 Å². The predicted molar refractivity (Wildman–Crippen MR) is 60.2 cm³/mol. The molecular weight excluding hydrogens is 204 g/mol. The molecule has 1 saturated carbocycles. The summed E-state index contributed by atoms with van der Waals surface area (Å²) >= 11 is 0. The van der Waals surface area contributed by atoms with Crippen LogP contribution in [0.15, 0.2) is 24.3 Å². The summed E-state index contributed by atoms with van der Waals surface area (Å²) in [5, 5.41) is 18.0. The summed E-state index contributed by atoms with van der Waals surface area (Å²) in [7, 11) is 0. The summed E-state index contributed by atoms with van der Waals surface area (Å²) in [4.78, 5) is 10.6. The van der Waals surface area contributed by atoms with E-state index >= 15 is 0 Å². The van der Waals surface area contributed by atoms with Crippen molar-refractivity contribution in [3.63, 3.8) is 0 Å². The Morgan fingerprint density at radius 1 is 1.19 bits per heavy atom. The Labute approximate surface area is 94.7 Å². The van der Waals surface area contributed by atoms with E-state index in [1.54, 1.807) is 12.1 Å². The molecule has 2 N–H and O–H groups in total. The molecule has 1 aliphatic rings. The third-order valence-corrected chi connectivity index (χ3v) is 3.31. The van der Waals surface area contributed by atoms with Gasteiger partial charge in [-0.25, -0.2) is 4.79 Å². The van der Waals surface area contributed by atoms with Crippen molar-refractivity contribution < 1.29 is 15.0 Å². The first-order valence-electron chi connectivity index (χ1n) is 5.69. The van der Waals surface area contributed by atoms with Gasteiger partial charge in [0.05, 0.1) is 0 Å². The van der Waals surface area contributed by atoms with E-state index in [0.717, 1.165) is 0 Å². The van der Waals surface area contributed by atoms with Crippen molar-refractivity contribution in [2.45, 2.75) is 37.7 Å². The maximum Gasteiger partial charge on any atom is 0.337 e. The molecule has 0 spiro atoms. The maximum absolute atomic E-state index is 10.6. The fourth-order valence-corrected chi connectivity index (χ4v) is 2.35. The smallest absolute Gasteiger partial charge is 0.337 e. The van der Waals surface area contributed by atoms with Crippen molar-refractivity contribution >= 4 is 5.97 Å². The minimum absolute atomic E-state index is 0.453. The lowest BCUT2D eigenvalue weighted by atomic mass is 9.96. The van der Waals surface area contributed by atoms with E-state index in [4.69, 9.17) is 5.11 Å². The molecule has 2 rings (SSSR count). The highest BCUT2D eigenvalue weighted by molar-refractivity contribution is 5.73. The van der Waals surface area contributed by atoms with Gasteiger partial charge in [-0.05, 0) is 29.9 Å². The number of aliphatic hydroxyl groups is 1. The zero-order valence-corrected chi connectivity index (χ0v) is 9.10. The Morgan fingerprint density at radius 2 is 1.75 bits per heavy atom. The molecule has 0 heterocycles. The highest BCUT2D eigenvalue weighted by Crippen LogP contribution is 2.34. The lowest BCUT2D eigenvalue weighted by Gasteiger charge is -2.11. The molecule has 1 aromatic rings.